The van der Waals surface area contributed by atoms with Gasteiger partial charge in [-0.25, -0.2) is 0 Å². The molecule has 2 aliphatic rings. The molecule has 0 saturated carbocycles. The van der Waals surface area contributed by atoms with Crippen molar-refractivity contribution in [3.05, 3.63) is 52.3 Å². The number of carbonyl (C=O) groups excluding carboxylic acids is 2. The molecule has 0 aliphatic carbocycles. The zero-order chi connectivity index (χ0) is 20.4. The van der Waals surface area contributed by atoms with Gasteiger partial charge >= 0.3 is 0 Å². The number of rotatable bonds is 4. The second-order valence-corrected chi connectivity index (χ2v) is 8.52. The van der Waals surface area contributed by atoms with Crippen molar-refractivity contribution in [1.82, 2.24) is 20.0 Å². The van der Waals surface area contributed by atoms with Crippen molar-refractivity contribution >= 4 is 23.4 Å². The lowest BCUT2D eigenvalue weighted by Crippen LogP contribution is -2.39. The number of aromatic nitrogens is 2. The third-order valence-corrected chi connectivity index (χ3v) is 6.32. The summed E-state index contributed by atoms with van der Waals surface area (Å²) in [6, 6.07) is 7.90. The van der Waals surface area contributed by atoms with Crippen LogP contribution in [-0.4, -0.2) is 39.6 Å². The molecule has 2 amide bonds. The van der Waals surface area contributed by atoms with Crippen LogP contribution in [0.2, 0.25) is 5.02 Å². The van der Waals surface area contributed by atoms with Crippen LogP contribution in [0.3, 0.4) is 0 Å². The van der Waals surface area contributed by atoms with E-state index in [9.17, 15) is 9.59 Å². The second-order valence-electron chi connectivity index (χ2n) is 8.09. The molecule has 3 heterocycles. The highest BCUT2D eigenvalue weighted by molar-refractivity contribution is 6.30. The maximum Gasteiger partial charge on any atom is 0.257 e. The zero-order valence-electron chi connectivity index (χ0n) is 16.7. The van der Waals surface area contributed by atoms with Crippen LogP contribution >= 0.6 is 11.6 Å². The Morgan fingerprint density at radius 3 is 2.72 bits per heavy atom. The van der Waals surface area contributed by atoms with Crippen LogP contribution in [0, 0.1) is 5.92 Å². The molecule has 7 heteroatoms. The molecule has 0 radical (unpaired) electrons. The Kier molecular flexibility index (Phi) is 5.90. The van der Waals surface area contributed by atoms with Gasteiger partial charge in [0.2, 0.25) is 5.91 Å². The average molecular weight is 415 g/mol. The predicted octanol–water partition coefficient (Wildman–Crippen LogP) is 3.60. The summed E-state index contributed by atoms with van der Waals surface area (Å²) < 4.78 is 1.96. The monoisotopic (exact) mass is 414 g/mol. The maximum atomic E-state index is 13.5. The van der Waals surface area contributed by atoms with Gasteiger partial charge in [0.1, 0.15) is 0 Å². The van der Waals surface area contributed by atoms with Gasteiger partial charge in [0.25, 0.3) is 5.91 Å². The number of carbonyl (C=O) groups is 2. The highest BCUT2D eigenvalue weighted by Crippen LogP contribution is 2.34. The normalized spacial score (nSPS) is 21.5. The Labute approximate surface area is 176 Å². The van der Waals surface area contributed by atoms with Crippen molar-refractivity contribution in [3.8, 4) is 0 Å². The van der Waals surface area contributed by atoms with Crippen molar-refractivity contribution in [2.24, 2.45) is 5.92 Å². The molecule has 2 unspecified atom stereocenters. The van der Waals surface area contributed by atoms with E-state index in [1.54, 1.807) is 6.20 Å². The Morgan fingerprint density at radius 2 is 1.97 bits per heavy atom. The Hall–Kier alpha value is -2.34. The lowest BCUT2D eigenvalue weighted by Gasteiger charge is -2.36. The number of aryl methyl sites for hydroxylation is 1. The summed E-state index contributed by atoms with van der Waals surface area (Å²) >= 11 is 6.05. The van der Waals surface area contributed by atoms with Crippen LogP contribution in [-0.2, 0) is 17.8 Å². The lowest BCUT2D eigenvalue weighted by atomic mass is 9.92. The number of nitrogens with zero attached hydrogens (tertiary/aromatic N) is 3. The number of amides is 2. The Bertz CT molecular complexity index is 893. The smallest absolute Gasteiger partial charge is 0.257 e. The fourth-order valence-electron chi connectivity index (χ4n) is 4.50. The van der Waals surface area contributed by atoms with Crippen LogP contribution in [0.25, 0.3) is 0 Å². The SMILES string of the molecule is CC(=O)NCC1CCn2ncc(C(=O)N3CCCCC3c3ccc(Cl)cc3)c2C1. The van der Waals surface area contributed by atoms with Gasteiger partial charge in [-0.2, -0.15) is 5.10 Å². The molecule has 2 aliphatic heterocycles. The first kappa shape index (κ1) is 20.0. The van der Waals surface area contributed by atoms with Crippen LogP contribution in [0.5, 0.6) is 0 Å². The molecule has 1 fully saturated rings. The molecule has 0 spiro atoms. The van der Waals surface area contributed by atoms with E-state index in [1.807, 2.05) is 33.8 Å². The van der Waals surface area contributed by atoms with E-state index in [2.05, 4.69) is 10.4 Å². The van der Waals surface area contributed by atoms with E-state index in [1.165, 1.54) is 6.92 Å². The second kappa shape index (κ2) is 8.57. The first-order valence-electron chi connectivity index (χ1n) is 10.4. The molecular weight excluding hydrogens is 388 g/mol. The van der Waals surface area contributed by atoms with E-state index < -0.39 is 0 Å². The molecule has 1 saturated heterocycles. The van der Waals surface area contributed by atoms with Crippen molar-refractivity contribution in [2.45, 2.75) is 51.6 Å². The minimum atomic E-state index is -0.0143. The summed E-state index contributed by atoms with van der Waals surface area (Å²) in [5.74, 6) is 0.383. The van der Waals surface area contributed by atoms with E-state index >= 15 is 0 Å². The number of hydrogen-bond donors (Lipinski definition) is 1. The van der Waals surface area contributed by atoms with Gasteiger partial charge in [0, 0.05) is 31.6 Å². The largest absolute Gasteiger partial charge is 0.356 e. The number of hydrogen-bond acceptors (Lipinski definition) is 3. The molecule has 154 valence electrons. The minimum absolute atomic E-state index is 0.0143. The van der Waals surface area contributed by atoms with E-state index in [4.69, 9.17) is 11.6 Å². The summed E-state index contributed by atoms with van der Waals surface area (Å²) in [4.78, 5) is 26.8. The number of piperidine rings is 1. The topological polar surface area (TPSA) is 67.2 Å². The number of halogens is 1. The van der Waals surface area contributed by atoms with E-state index in [0.29, 0.717) is 23.0 Å². The van der Waals surface area contributed by atoms with Crippen LogP contribution in [0.15, 0.2) is 30.5 Å². The fraction of sp³-hybridized carbons (Fsp3) is 0.500. The van der Waals surface area contributed by atoms with Gasteiger partial charge in [-0.1, -0.05) is 23.7 Å². The van der Waals surface area contributed by atoms with Crippen molar-refractivity contribution in [3.63, 3.8) is 0 Å². The molecule has 29 heavy (non-hydrogen) atoms. The quantitative estimate of drug-likeness (QED) is 0.831. The fourth-order valence-corrected chi connectivity index (χ4v) is 4.63. The molecule has 2 atom stereocenters. The van der Waals surface area contributed by atoms with Gasteiger partial charge in [0.15, 0.2) is 0 Å². The van der Waals surface area contributed by atoms with Gasteiger partial charge in [0.05, 0.1) is 23.5 Å². The third kappa shape index (κ3) is 4.32. The molecule has 0 bridgehead atoms. The third-order valence-electron chi connectivity index (χ3n) is 6.07. The van der Waals surface area contributed by atoms with Gasteiger partial charge in [-0.15, -0.1) is 0 Å². The molecule has 1 N–H and O–H groups in total. The van der Waals surface area contributed by atoms with Crippen LogP contribution in [0.4, 0.5) is 0 Å². The van der Waals surface area contributed by atoms with Crippen molar-refractivity contribution < 1.29 is 9.59 Å². The Balaban J connectivity index is 1.55. The van der Waals surface area contributed by atoms with Gasteiger partial charge in [-0.3, -0.25) is 14.3 Å². The standard InChI is InChI=1S/C22H27ClN4O2/c1-15(28)24-13-16-9-11-27-21(12-16)19(14-25-27)22(29)26-10-3-2-4-20(26)17-5-7-18(23)8-6-17/h5-8,14,16,20H,2-4,9-13H2,1H3,(H,24,28). The molecular formula is C22H27ClN4O2. The van der Waals surface area contributed by atoms with Crippen LogP contribution in [0.1, 0.15) is 60.3 Å². The number of benzene rings is 1. The zero-order valence-corrected chi connectivity index (χ0v) is 17.5. The van der Waals surface area contributed by atoms with Gasteiger partial charge < -0.3 is 10.2 Å². The lowest BCUT2D eigenvalue weighted by molar-refractivity contribution is -0.119. The molecule has 1 aromatic carbocycles. The molecule has 4 rings (SSSR count). The Morgan fingerprint density at radius 1 is 1.17 bits per heavy atom. The highest BCUT2D eigenvalue weighted by Gasteiger charge is 2.32. The highest BCUT2D eigenvalue weighted by atomic mass is 35.5. The van der Waals surface area contributed by atoms with Crippen molar-refractivity contribution in [2.75, 3.05) is 13.1 Å². The predicted molar refractivity (Wildman–Crippen MR) is 112 cm³/mol. The van der Waals surface area contributed by atoms with Gasteiger partial charge in [-0.05, 0) is 55.7 Å². The summed E-state index contributed by atoms with van der Waals surface area (Å²) in [5.41, 5.74) is 2.84. The molecule has 2 aromatic rings. The number of nitrogens with one attached hydrogen (secondary N) is 1. The number of likely N-dealkylation sites (tertiary alicyclic amines) is 1. The van der Waals surface area contributed by atoms with Crippen LogP contribution < -0.4 is 5.32 Å². The van der Waals surface area contributed by atoms with E-state index in [0.717, 1.165) is 56.5 Å². The number of fused-ring (bicyclic) bond motifs is 1. The first-order valence-corrected chi connectivity index (χ1v) is 10.8. The molecule has 6 nitrogen and oxygen atoms in total. The molecule has 1 aromatic heterocycles. The first-order chi connectivity index (χ1) is 14.0. The van der Waals surface area contributed by atoms with Crippen molar-refractivity contribution in [1.29, 1.82) is 0 Å². The summed E-state index contributed by atoms with van der Waals surface area (Å²) in [7, 11) is 0. The average Bonchev–Trinajstić information content (AvgIpc) is 3.15. The van der Waals surface area contributed by atoms with E-state index in [-0.39, 0.29) is 17.9 Å². The summed E-state index contributed by atoms with van der Waals surface area (Å²) in [6.45, 7) is 3.72. The maximum absolute atomic E-state index is 13.5. The summed E-state index contributed by atoms with van der Waals surface area (Å²) in [6.07, 6.45) is 6.54. The summed E-state index contributed by atoms with van der Waals surface area (Å²) in [5, 5.41) is 8.09. The minimum Gasteiger partial charge on any atom is -0.356 e.